The Bertz CT molecular complexity index is 1100. The van der Waals surface area contributed by atoms with Crippen LogP contribution < -0.4 is 0 Å². The van der Waals surface area contributed by atoms with Crippen LogP contribution >= 0.6 is 23.4 Å². The summed E-state index contributed by atoms with van der Waals surface area (Å²) in [6.07, 6.45) is 5.04. The maximum absolute atomic E-state index is 12.8. The lowest BCUT2D eigenvalue weighted by atomic mass is 10.0. The SMILES string of the molecule is O=C(CN1C(=O)S/C(=C\c2cc(Cc3ccccc3Cl)ccc2O)C1=O)N1CCCCC1. The summed E-state index contributed by atoms with van der Waals surface area (Å²) in [5.74, 6) is -0.719. The lowest BCUT2D eigenvalue weighted by Crippen LogP contribution is -2.44. The molecular formula is C24H23ClN2O4S. The van der Waals surface area contributed by atoms with Crippen LogP contribution in [-0.4, -0.2) is 51.6 Å². The van der Waals surface area contributed by atoms with Crippen LogP contribution in [0, 0.1) is 0 Å². The minimum atomic E-state index is -0.513. The number of imide groups is 1. The highest BCUT2D eigenvalue weighted by molar-refractivity contribution is 8.18. The Hall–Kier alpha value is -2.77. The van der Waals surface area contributed by atoms with E-state index in [2.05, 4.69) is 0 Å². The number of carbonyl (C=O) groups excluding carboxylic acids is 3. The van der Waals surface area contributed by atoms with Gasteiger partial charge in [0.05, 0.1) is 4.91 Å². The number of phenolic OH excluding ortho intramolecular Hbond substituents is 1. The van der Waals surface area contributed by atoms with Gasteiger partial charge in [-0.1, -0.05) is 35.9 Å². The number of nitrogens with zero attached hydrogens (tertiary/aromatic N) is 2. The summed E-state index contributed by atoms with van der Waals surface area (Å²) >= 11 is 7.03. The number of aromatic hydroxyl groups is 1. The fourth-order valence-electron chi connectivity index (χ4n) is 3.85. The molecule has 0 aromatic heterocycles. The second kappa shape index (κ2) is 9.79. The predicted molar refractivity (Wildman–Crippen MR) is 125 cm³/mol. The van der Waals surface area contributed by atoms with Gasteiger partial charge >= 0.3 is 0 Å². The molecule has 1 N–H and O–H groups in total. The molecule has 4 rings (SSSR count). The van der Waals surface area contributed by atoms with Crippen LogP contribution in [0.3, 0.4) is 0 Å². The first-order valence-corrected chi connectivity index (χ1v) is 11.7. The second-order valence-electron chi connectivity index (χ2n) is 7.87. The van der Waals surface area contributed by atoms with Crippen molar-refractivity contribution in [3.8, 4) is 5.75 Å². The van der Waals surface area contributed by atoms with Crippen molar-refractivity contribution in [2.45, 2.75) is 25.7 Å². The van der Waals surface area contributed by atoms with Crippen molar-refractivity contribution in [1.82, 2.24) is 9.80 Å². The van der Waals surface area contributed by atoms with Crippen LogP contribution in [-0.2, 0) is 16.0 Å². The van der Waals surface area contributed by atoms with Gasteiger partial charge in [0.15, 0.2) is 0 Å². The summed E-state index contributed by atoms with van der Waals surface area (Å²) in [5.41, 5.74) is 2.28. The van der Waals surface area contributed by atoms with Gasteiger partial charge in [0.1, 0.15) is 12.3 Å². The molecule has 0 aliphatic carbocycles. The van der Waals surface area contributed by atoms with E-state index < -0.39 is 11.1 Å². The maximum Gasteiger partial charge on any atom is 0.294 e. The number of benzene rings is 2. The molecule has 2 aliphatic heterocycles. The summed E-state index contributed by atoms with van der Waals surface area (Å²) < 4.78 is 0. The molecule has 3 amide bonds. The van der Waals surface area contributed by atoms with Crippen molar-refractivity contribution >= 4 is 46.5 Å². The first-order chi connectivity index (χ1) is 15.4. The molecule has 0 atom stereocenters. The fourth-order valence-corrected chi connectivity index (χ4v) is 4.88. The molecule has 2 aliphatic rings. The number of likely N-dealkylation sites (tertiary alicyclic amines) is 1. The molecule has 2 fully saturated rings. The van der Waals surface area contributed by atoms with Gasteiger partial charge in [0.2, 0.25) is 5.91 Å². The Morgan fingerprint density at radius 2 is 1.84 bits per heavy atom. The third kappa shape index (κ3) is 5.00. The quantitative estimate of drug-likeness (QED) is 0.641. The zero-order valence-electron chi connectivity index (χ0n) is 17.4. The number of phenols is 1. The number of carbonyl (C=O) groups is 3. The van der Waals surface area contributed by atoms with E-state index in [1.54, 1.807) is 23.1 Å². The Balaban J connectivity index is 1.51. The van der Waals surface area contributed by atoms with Gasteiger partial charge in [0, 0.05) is 23.7 Å². The van der Waals surface area contributed by atoms with Gasteiger partial charge in [-0.2, -0.15) is 0 Å². The van der Waals surface area contributed by atoms with Gasteiger partial charge in [-0.05, 0) is 72.8 Å². The van der Waals surface area contributed by atoms with Crippen molar-refractivity contribution in [3.05, 3.63) is 69.1 Å². The molecule has 0 bridgehead atoms. The second-order valence-corrected chi connectivity index (χ2v) is 9.27. The highest BCUT2D eigenvalue weighted by Gasteiger charge is 2.37. The third-order valence-corrected chi connectivity index (χ3v) is 6.88. The minimum absolute atomic E-state index is 0.00380. The minimum Gasteiger partial charge on any atom is -0.507 e. The fraction of sp³-hybridized carbons (Fsp3) is 0.292. The highest BCUT2D eigenvalue weighted by atomic mass is 35.5. The van der Waals surface area contributed by atoms with Crippen molar-refractivity contribution in [2.75, 3.05) is 19.6 Å². The number of piperidine rings is 1. The molecule has 2 saturated heterocycles. The zero-order valence-corrected chi connectivity index (χ0v) is 19.0. The lowest BCUT2D eigenvalue weighted by molar-refractivity contribution is -0.136. The molecule has 0 saturated carbocycles. The molecule has 2 aromatic carbocycles. The van der Waals surface area contributed by atoms with Gasteiger partial charge in [-0.3, -0.25) is 19.3 Å². The van der Waals surface area contributed by atoms with Crippen LogP contribution in [0.15, 0.2) is 47.4 Å². The molecule has 6 nitrogen and oxygen atoms in total. The van der Waals surface area contributed by atoms with Crippen LogP contribution in [0.5, 0.6) is 5.75 Å². The van der Waals surface area contributed by atoms with Crippen molar-refractivity contribution in [3.63, 3.8) is 0 Å². The number of halogens is 1. The largest absolute Gasteiger partial charge is 0.507 e. The van der Waals surface area contributed by atoms with E-state index in [1.165, 1.54) is 6.08 Å². The lowest BCUT2D eigenvalue weighted by Gasteiger charge is -2.27. The molecule has 0 spiro atoms. The van der Waals surface area contributed by atoms with Crippen LogP contribution in [0.25, 0.3) is 6.08 Å². The standard InChI is InChI=1S/C24H23ClN2O4S/c25-19-7-3-2-6-17(19)12-16-8-9-20(28)18(13-16)14-21-23(30)27(24(31)32-21)15-22(29)26-10-4-1-5-11-26/h2-3,6-9,13-14,28H,1,4-5,10-12,15H2/b21-14-. The van der Waals surface area contributed by atoms with Crippen LogP contribution in [0.4, 0.5) is 4.79 Å². The van der Waals surface area contributed by atoms with Gasteiger partial charge in [0.25, 0.3) is 11.1 Å². The third-order valence-electron chi connectivity index (χ3n) is 5.61. The Morgan fingerprint density at radius 1 is 1.09 bits per heavy atom. The van der Waals surface area contributed by atoms with Crippen LogP contribution in [0.1, 0.15) is 36.0 Å². The van der Waals surface area contributed by atoms with Crippen molar-refractivity contribution in [2.24, 2.45) is 0 Å². The van der Waals surface area contributed by atoms with Gasteiger partial charge in [-0.25, -0.2) is 0 Å². The molecular weight excluding hydrogens is 448 g/mol. The van der Waals surface area contributed by atoms with E-state index in [4.69, 9.17) is 11.6 Å². The molecule has 166 valence electrons. The summed E-state index contributed by atoms with van der Waals surface area (Å²) in [6.45, 7) is 1.08. The number of hydrogen-bond donors (Lipinski definition) is 1. The Morgan fingerprint density at radius 3 is 2.59 bits per heavy atom. The number of thioether (sulfide) groups is 1. The van der Waals surface area contributed by atoms with E-state index in [-0.39, 0.29) is 23.1 Å². The van der Waals surface area contributed by atoms with E-state index in [1.807, 2.05) is 24.3 Å². The summed E-state index contributed by atoms with van der Waals surface area (Å²) in [5, 5.41) is 10.5. The monoisotopic (exact) mass is 470 g/mol. The summed E-state index contributed by atoms with van der Waals surface area (Å²) in [6, 6.07) is 12.6. The van der Waals surface area contributed by atoms with Crippen molar-refractivity contribution < 1.29 is 19.5 Å². The molecule has 0 unspecified atom stereocenters. The average molecular weight is 471 g/mol. The van der Waals surface area contributed by atoms with Crippen molar-refractivity contribution in [1.29, 1.82) is 0 Å². The number of rotatable bonds is 5. The molecule has 2 heterocycles. The summed E-state index contributed by atoms with van der Waals surface area (Å²) in [7, 11) is 0. The predicted octanol–water partition coefficient (Wildman–Crippen LogP) is 4.69. The average Bonchev–Trinajstić information content (AvgIpc) is 3.05. The van der Waals surface area contributed by atoms with Gasteiger partial charge < -0.3 is 10.0 Å². The normalized spacial score (nSPS) is 18.0. The Kier molecular flexibility index (Phi) is 6.86. The number of hydrogen-bond acceptors (Lipinski definition) is 5. The van der Waals surface area contributed by atoms with E-state index in [9.17, 15) is 19.5 Å². The molecule has 8 heteroatoms. The highest BCUT2D eigenvalue weighted by Crippen LogP contribution is 2.34. The smallest absolute Gasteiger partial charge is 0.294 e. The van der Waals surface area contributed by atoms with E-state index in [0.29, 0.717) is 30.1 Å². The maximum atomic E-state index is 12.8. The van der Waals surface area contributed by atoms with E-state index >= 15 is 0 Å². The number of amides is 3. The first kappa shape index (κ1) is 22.4. The van der Waals surface area contributed by atoms with E-state index in [0.717, 1.165) is 47.1 Å². The topological polar surface area (TPSA) is 77.9 Å². The first-order valence-electron chi connectivity index (χ1n) is 10.5. The van der Waals surface area contributed by atoms with Gasteiger partial charge in [-0.15, -0.1) is 0 Å². The molecule has 32 heavy (non-hydrogen) atoms. The molecule has 2 aromatic rings. The Labute approximate surface area is 195 Å². The summed E-state index contributed by atoms with van der Waals surface area (Å²) in [4.78, 5) is 40.6. The van der Waals surface area contributed by atoms with Crippen LogP contribution in [0.2, 0.25) is 5.02 Å². The zero-order chi connectivity index (χ0) is 22.7. The molecule has 0 radical (unpaired) electrons.